The average Bonchev–Trinajstić information content (AvgIpc) is 3.34. The second kappa shape index (κ2) is 9.32. The lowest BCUT2D eigenvalue weighted by Crippen LogP contribution is -2.26. The molecule has 0 saturated heterocycles. The van der Waals surface area contributed by atoms with E-state index in [0.717, 1.165) is 39.6 Å². The molecule has 0 fully saturated rings. The van der Waals surface area contributed by atoms with E-state index in [1.807, 2.05) is 54.7 Å². The summed E-state index contributed by atoms with van der Waals surface area (Å²) in [5, 5.41) is 5.77. The third kappa shape index (κ3) is 4.66. The largest absolute Gasteiger partial charge is 0.496 e. The molecule has 0 saturated carbocycles. The number of ether oxygens (including phenoxy) is 1. The summed E-state index contributed by atoms with van der Waals surface area (Å²) in [4.78, 5) is 17.9. The Kier molecular flexibility index (Phi) is 6.35. The summed E-state index contributed by atoms with van der Waals surface area (Å²) < 4.78 is 7.42. The van der Waals surface area contributed by atoms with Crippen LogP contribution in [0.4, 0.5) is 0 Å². The van der Waals surface area contributed by atoms with Crippen LogP contribution < -0.4 is 10.1 Å². The number of fused-ring (bicyclic) bond motifs is 1. The molecule has 0 unspecified atom stereocenters. The lowest BCUT2D eigenvalue weighted by atomic mass is 10.1. The lowest BCUT2D eigenvalue weighted by molar-refractivity contribution is -0.121. The zero-order valence-electron chi connectivity index (χ0n) is 16.6. The first-order chi connectivity index (χ1) is 14.6. The van der Waals surface area contributed by atoms with E-state index in [9.17, 15) is 4.79 Å². The molecule has 0 aliphatic heterocycles. The van der Waals surface area contributed by atoms with Crippen LogP contribution in [-0.4, -0.2) is 28.9 Å². The predicted molar refractivity (Wildman–Crippen MR) is 122 cm³/mol. The van der Waals surface area contributed by atoms with Gasteiger partial charge in [-0.15, -0.1) is 11.3 Å². The van der Waals surface area contributed by atoms with Crippen LogP contribution in [0.1, 0.15) is 17.7 Å². The second-order valence-corrected chi connectivity index (χ2v) is 8.20. The van der Waals surface area contributed by atoms with Gasteiger partial charge in [0, 0.05) is 40.8 Å². The average molecular weight is 440 g/mol. The van der Waals surface area contributed by atoms with Crippen LogP contribution in [0.5, 0.6) is 5.75 Å². The molecule has 2 aromatic heterocycles. The molecule has 0 spiro atoms. The maximum absolute atomic E-state index is 12.3. The van der Waals surface area contributed by atoms with E-state index in [1.165, 1.54) is 0 Å². The van der Waals surface area contributed by atoms with Gasteiger partial charge in [-0.05, 0) is 36.6 Å². The van der Waals surface area contributed by atoms with Gasteiger partial charge in [0.05, 0.1) is 12.8 Å². The first-order valence-corrected chi connectivity index (χ1v) is 11.0. The first kappa shape index (κ1) is 20.4. The molecule has 154 valence electrons. The van der Waals surface area contributed by atoms with Crippen LogP contribution in [0.2, 0.25) is 5.02 Å². The highest BCUT2D eigenvalue weighted by Gasteiger charge is 2.11. The number of amides is 1. The molecular weight excluding hydrogens is 418 g/mol. The van der Waals surface area contributed by atoms with Gasteiger partial charge in [0.25, 0.3) is 0 Å². The van der Waals surface area contributed by atoms with Gasteiger partial charge in [-0.1, -0.05) is 41.9 Å². The molecule has 2 heterocycles. The zero-order valence-corrected chi connectivity index (χ0v) is 18.2. The van der Waals surface area contributed by atoms with Crippen molar-refractivity contribution < 1.29 is 9.53 Å². The molecule has 1 amide bonds. The number of halogens is 1. The van der Waals surface area contributed by atoms with Crippen LogP contribution in [0.3, 0.4) is 0 Å². The van der Waals surface area contributed by atoms with Gasteiger partial charge in [0.1, 0.15) is 5.75 Å². The third-order valence-electron chi connectivity index (χ3n) is 4.94. The Labute approximate surface area is 184 Å². The summed E-state index contributed by atoms with van der Waals surface area (Å²) in [6.07, 6.45) is 3.86. The molecule has 2 aromatic carbocycles. The minimum atomic E-state index is 0.0438. The Balaban J connectivity index is 1.33. The predicted octanol–water partition coefficient (Wildman–Crippen LogP) is 5.02. The Hall–Kier alpha value is -2.83. The molecule has 1 N–H and O–H groups in total. The van der Waals surface area contributed by atoms with E-state index in [-0.39, 0.29) is 5.91 Å². The number of aryl methyl sites for hydroxylation is 1. The number of hydrogen-bond acceptors (Lipinski definition) is 4. The van der Waals surface area contributed by atoms with Crippen LogP contribution in [0.15, 0.2) is 60.1 Å². The van der Waals surface area contributed by atoms with Gasteiger partial charge in [-0.2, -0.15) is 0 Å². The fraction of sp³-hybridized carbons (Fsp3) is 0.217. The minimum Gasteiger partial charge on any atom is -0.496 e. The summed E-state index contributed by atoms with van der Waals surface area (Å²) >= 11 is 7.55. The number of nitrogens with zero attached hydrogens (tertiary/aromatic N) is 2. The van der Waals surface area contributed by atoms with Gasteiger partial charge in [0.15, 0.2) is 4.96 Å². The highest BCUT2D eigenvalue weighted by atomic mass is 35.5. The number of hydrogen-bond donors (Lipinski definition) is 1. The molecule has 4 aromatic rings. The van der Waals surface area contributed by atoms with Crippen LogP contribution in [0, 0.1) is 0 Å². The summed E-state index contributed by atoms with van der Waals surface area (Å²) in [7, 11) is 1.66. The van der Waals surface area contributed by atoms with Crippen LogP contribution in [-0.2, 0) is 17.6 Å². The zero-order chi connectivity index (χ0) is 20.9. The topological polar surface area (TPSA) is 55.6 Å². The fourth-order valence-electron chi connectivity index (χ4n) is 3.34. The summed E-state index contributed by atoms with van der Waals surface area (Å²) in [6.45, 7) is 0.587. The van der Waals surface area contributed by atoms with Crippen molar-refractivity contribution in [3.8, 4) is 17.0 Å². The van der Waals surface area contributed by atoms with E-state index in [2.05, 4.69) is 20.1 Å². The molecule has 0 radical (unpaired) electrons. The number of thiazole rings is 1. The molecule has 0 atom stereocenters. The lowest BCUT2D eigenvalue weighted by Gasteiger charge is -2.09. The van der Waals surface area contributed by atoms with Gasteiger partial charge in [-0.25, -0.2) is 4.98 Å². The summed E-state index contributed by atoms with van der Waals surface area (Å²) in [5.41, 5.74) is 4.10. The normalized spacial score (nSPS) is 11.0. The van der Waals surface area contributed by atoms with Crippen LogP contribution in [0.25, 0.3) is 16.2 Å². The minimum absolute atomic E-state index is 0.0438. The van der Waals surface area contributed by atoms with Gasteiger partial charge in [0.2, 0.25) is 5.91 Å². The van der Waals surface area contributed by atoms with E-state index in [0.29, 0.717) is 24.4 Å². The quantitative estimate of drug-likeness (QED) is 0.419. The Morgan fingerprint density at radius 1 is 1.17 bits per heavy atom. The number of imidazole rings is 1. The number of aromatic nitrogens is 2. The van der Waals surface area contributed by atoms with Crippen molar-refractivity contribution in [2.24, 2.45) is 0 Å². The number of benzene rings is 2. The number of nitrogens with one attached hydrogen (secondary N) is 1. The van der Waals surface area contributed by atoms with E-state index < -0.39 is 0 Å². The van der Waals surface area contributed by atoms with Crippen molar-refractivity contribution in [1.82, 2.24) is 14.7 Å². The monoisotopic (exact) mass is 439 g/mol. The molecule has 4 rings (SSSR count). The maximum Gasteiger partial charge on any atom is 0.220 e. The molecule has 0 bridgehead atoms. The van der Waals surface area contributed by atoms with Crippen LogP contribution >= 0.6 is 22.9 Å². The fourth-order valence-corrected chi connectivity index (χ4v) is 4.38. The van der Waals surface area contributed by atoms with E-state index in [1.54, 1.807) is 18.4 Å². The second-order valence-electron chi connectivity index (χ2n) is 6.92. The molecule has 7 heteroatoms. The Bertz CT molecular complexity index is 1150. The van der Waals surface area contributed by atoms with Gasteiger partial charge >= 0.3 is 0 Å². The number of carbonyl (C=O) groups excluding carboxylic acids is 1. The Morgan fingerprint density at radius 3 is 2.77 bits per heavy atom. The first-order valence-electron chi connectivity index (χ1n) is 9.74. The number of methoxy groups -OCH3 is 1. The smallest absolute Gasteiger partial charge is 0.220 e. The Morgan fingerprint density at radius 2 is 1.97 bits per heavy atom. The highest BCUT2D eigenvalue weighted by Crippen LogP contribution is 2.25. The molecule has 0 aliphatic carbocycles. The van der Waals surface area contributed by atoms with Crippen molar-refractivity contribution in [2.45, 2.75) is 19.3 Å². The summed E-state index contributed by atoms with van der Waals surface area (Å²) in [5.74, 6) is 0.895. The van der Waals surface area contributed by atoms with Crippen molar-refractivity contribution >= 4 is 33.8 Å². The van der Waals surface area contributed by atoms with Gasteiger partial charge in [-0.3, -0.25) is 9.20 Å². The van der Waals surface area contributed by atoms with Crippen molar-refractivity contribution in [1.29, 1.82) is 0 Å². The van der Waals surface area contributed by atoms with Crippen molar-refractivity contribution in [2.75, 3.05) is 13.7 Å². The summed E-state index contributed by atoms with van der Waals surface area (Å²) in [6, 6.07) is 15.5. The van der Waals surface area contributed by atoms with E-state index in [4.69, 9.17) is 16.3 Å². The number of para-hydroxylation sites is 1. The van der Waals surface area contributed by atoms with Crippen molar-refractivity contribution in [3.05, 3.63) is 76.4 Å². The third-order valence-corrected chi connectivity index (χ3v) is 6.08. The number of rotatable bonds is 8. The molecular formula is C23H22ClN3O2S. The molecule has 5 nitrogen and oxygen atoms in total. The van der Waals surface area contributed by atoms with Crippen molar-refractivity contribution in [3.63, 3.8) is 0 Å². The molecule has 30 heavy (non-hydrogen) atoms. The van der Waals surface area contributed by atoms with E-state index >= 15 is 0 Å². The number of carbonyl (C=O) groups is 1. The highest BCUT2D eigenvalue weighted by molar-refractivity contribution is 7.15. The SMILES string of the molecule is COc1ccccc1CCNC(=O)CCc1csc2nc(-c3ccc(Cl)cc3)cn12. The maximum atomic E-state index is 12.3. The molecule has 0 aliphatic rings. The standard InChI is InChI=1S/C23H22ClN3O2S/c1-29-21-5-3-2-4-17(21)12-13-25-22(28)11-10-19-15-30-23-26-20(14-27(19)23)16-6-8-18(24)9-7-16/h2-9,14-15H,10-13H2,1H3,(H,25,28). The van der Waals surface area contributed by atoms with Gasteiger partial charge < -0.3 is 10.1 Å².